The van der Waals surface area contributed by atoms with Gasteiger partial charge in [0.2, 0.25) is 0 Å². The van der Waals surface area contributed by atoms with E-state index in [0.717, 1.165) is 23.1 Å². The lowest BCUT2D eigenvalue weighted by Crippen LogP contribution is -2.49. The first-order valence-corrected chi connectivity index (χ1v) is 7.00. The summed E-state index contributed by atoms with van der Waals surface area (Å²) in [6, 6.07) is 0.819. The van der Waals surface area contributed by atoms with Gasteiger partial charge in [-0.3, -0.25) is 0 Å². The van der Waals surface area contributed by atoms with Gasteiger partial charge in [-0.25, -0.2) is 0 Å². The van der Waals surface area contributed by atoms with Crippen molar-refractivity contribution in [2.75, 3.05) is 12.3 Å². The van der Waals surface area contributed by atoms with E-state index in [1.165, 1.54) is 38.0 Å². The molecular formula is C12H19NS. The molecule has 1 N–H and O–H groups in total. The first-order valence-electron chi connectivity index (χ1n) is 5.95. The molecule has 78 valence electrons. The molecule has 4 unspecified atom stereocenters. The average Bonchev–Trinajstić information content (AvgIpc) is 2.76. The lowest BCUT2D eigenvalue weighted by Gasteiger charge is -2.41. The third-order valence-electron chi connectivity index (χ3n) is 3.99. The molecule has 0 aromatic heterocycles. The van der Waals surface area contributed by atoms with E-state index < -0.39 is 0 Å². The van der Waals surface area contributed by atoms with E-state index >= 15 is 0 Å². The summed E-state index contributed by atoms with van der Waals surface area (Å²) in [6.45, 7) is 1.26. The zero-order chi connectivity index (χ0) is 9.38. The van der Waals surface area contributed by atoms with Crippen molar-refractivity contribution in [1.82, 2.24) is 5.32 Å². The number of hydrogen-bond donors (Lipinski definition) is 1. The molecule has 0 aromatic carbocycles. The molecule has 0 aromatic rings. The van der Waals surface area contributed by atoms with Crippen LogP contribution in [-0.2, 0) is 0 Å². The minimum Gasteiger partial charge on any atom is -0.312 e. The topological polar surface area (TPSA) is 12.0 Å². The van der Waals surface area contributed by atoms with E-state index in [0.29, 0.717) is 0 Å². The van der Waals surface area contributed by atoms with Gasteiger partial charge in [-0.15, -0.1) is 0 Å². The fourth-order valence-electron chi connectivity index (χ4n) is 3.04. The highest BCUT2D eigenvalue weighted by atomic mass is 32.2. The summed E-state index contributed by atoms with van der Waals surface area (Å²) in [5.74, 6) is 3.29. The molecule has 1 saturated carbocycles. The van der Waals surface area contributed by atoms with Crippen molar-refractivity contribution in [3.8, 4) is 0 Å². The van der Waals surface area contributed by atoms with E-state index in [2.05, 4.69) is 29.2 Å². The fraction of sp³-hybridized carbons (Fsp3) is 0.833. The van der Waals surface area contributed by atoms with E-state index in [9.17, 15) is 0 Å². The monoisotopic (exact) mass is 209 g/mol. The van der Waals surface area contributed by atoms with Crippen LogP contribution in [0.5, 0.6) is 0 Å². The van der Waals surface area contributed by atoms with Crippen LogP contribution in [-0.4, -0.2) is 23.6 Å². The van der Waals surface area contributed by atoms with Crippen LogP contribution in [0, 0.1) is 11.8 Å². The van der Waals surface area contributed by atoms with Crippen LogP contribution in [0.3, 0.4) is 0 Å². The largest absolute Gasteiger partial charge is 0.312 e. The molecule has 2 aliphatic carbocycles. The zero-order valence-electron chi connectivity index (χ0n) is 8.61. The van der Waals surface area contributed by atoms with Crippen molar-refractivity contribution in [2.45, 2.75) is 37.0 Å². The second-order valence-corrected chi connectivity index (χ2v) is 6.30. The fourth-order valence-corrected chi connectivity index (χ4v) is 4.25. The number of nitrogens with one attached hydrogen (secondary N) is 1. The summed E-state index contributed by atoms with van der Waals surface area (Å²) in [7, 11) is 0. The maximum Gasteiger partial charge on any atom is 0.0172 e. The van der Waals surface area contributed by atoms with Gasteiger partial charge in [0.05, 0.1) is 0 Å². The number of hydrogen-bond acceptors (Lipinski definition) is 2. The first-order chi connectivity index (χ1) is 6.93. The summed E-state index contributed by atoms with van der Waals surface area (Å²) in [5, 5.41) is 4.68. The molecule has 0 spiro atoms. The molecule has 0 amide bonds. The van der Waals surface area contributed by atoms with E-state index in [1.54, 1.807) is 0 Å². The molecule has 1 aliphatic heterocycles. The summed E-state index contributed by atoms with van der Waals surface area (Å²) in [4.78, 5) is 0. The Balaban J connectivity index is 1.43. The molecule has 1 nitrogen and oxygen atoms in total. The number of allylic oxidation sites excluding steroid dienone is 1. The quantitative estimate of drug-likeness (QED) is 0.717. The smallest absolute Gasteiger partial charge is 0.0172 e. The number of rotatable bonds is 3. The van der Waals surface area contributed by atoms with E-state index in [4.69, 9.17) is 0 Å². The van der Waals surface area contributed by atoms with Gasteiger partial charge in [-0.1, -0.05) is 12.2 Å². The SMILES string of the molecule is C1=CC2C(C1)CC2NCC1CCCS1. The van der Waals surface area contributed by atoms with E-state index in [1.807, 2.05) is 0 Å². The van der Waals surface area contributed by atoms with Crippen molar-refractivity contribution >= 4 is 11.8 Å². The van der Waals surface area contributed by atoms with Gasteiger partial charge in [-0.05, 0) is 43.3 Å². The van der Waals surface area contributed by atoms with Crippen LogP contribution in [0.2, 0.25) is 0 Å². The lowest BCUT2D eigenvalue weighted by atomic mass is 9.71. The van der Waals surface area contributed by atoms with Gasteiger partial charge in [0.15, 0.2) is 0 Å². The van der Waals surface area contributed by atoms with Crippen LogP contribution in [0.15, 0.2) is 12.2 Å². The highest BCUT2D eigenvalue weighted by molar-refractivity contribution is 8.00. The molecule has 1 heterocycles. The van der Waals surface area contributed by atoms with Crippen LogP contribution in [0.25, 0.3) is 0 Å². The van der Waals surface area contributed by atoms with Gasteiger partial charge in [-0.2, -0.15) is 11.8 Å². The third kappa shape index (κ3) is 1.63. The molecular weight excluding hydrogens is 190 g/mol. The Morgan fingerprint density at radius 2 is 2.43 bits per heavy atom. The summed E-state index contributed by atoms with van der Waals surface area (Å²) < 4.78 is 0. The Kier molecular flexibility index (Phi) is 2.59. The van der Waals surface area contributed by atoms with Crippen LogP contribution in [0.4, 0.5) is 0 Å². The Bertz CT molecular complexity index is 232. The molecule has 2 fully saturated rings. The van der Waals surface area contributed by atoms with Gasteiger partial charge in [0.1, 0.15) is 0 Å². The van der Waals surface area contributed by atoms with Crippen LogP contribution in [0.1, 0.15) is 25.7 Å². The molecule has 0 bridgehead atoms. The predicted molar refractivity (Wildman–Crippen MR) is 62.6 cm³/mol. The summed E-state index contributed by atoms with van der Waals surface area (Å²) in [5.41, 5.74) is 0. The van der Waals surface area contributed by atoms with Gasteiger partial charge < -0.3 is 5.32 Å². The molecule has 3 aliphatic rings. The second kappa shape index (κ2) is 3.90. The van der Waals surface area contributed by atoms with Crippen LogP contribution < -0.4 is 5.32 Å². The number of fused-ring (bicyclic) bond motifs is 1. The lowest BCUT2D eigenvalue weighted by molar-refractivity contribution is 0.164. The van der Waals surface area contributed by atoms with Gasteiger partial charge >= 0.3 is 0 Å². The molecule has 4 atom stereocenters. The molecule has 14 heavy (non-hydrogen) atoms. The molecule has 2 heteroatoms. The Morgan fingerprint density at radius 1 is 1.43 bits per heavy atom. The minimum absolute atomic E-state index is 0.819. The highest BCUT2D eigenvalue weighted by Gasteiger charge is 2.40. The Hall–Kier alpha value is 0.0500. The van der Waals surface area contributed by atoms with Crippen molar-refractivity contribution in [3.63, 3.8) is 0 Å². The van der Waals surface area contributed by atoms with Gasteiger partial charge in [0.25, 0.3) is 0 Å². The maximum absolute atomic E-state index is 3.76. The normalized spacial score (nSPS) is 45.1. The van der Waals surface area contributed by atoms with Gasteiger partial charge in [0, 0.05) is 17.8 Å². The van der Waals surface area contributed by atoms with Crippen molar-refractivity contribution < 1.29 is 0 Å². The van der Waals surface area contributed by atoms with Crippen molar-refractivity contribution in [3.05, 3.63) is 12.2 Å². The first kappa shape index (κ1) is 9.29. The Labute approximate surface area is 90.7 Å². The third-order valence-corrected chi connectivity index (χ3v) is 5.39. The maximum atomic E-state index is 3.76. The van der Waals surface area contributed by atoms with Crippen molar-refractivity contribution in [2.24, 2.45) is 11.8 Å². The van der Waals surface area contributed by atoms with Crippen LogP contribution >= 0.6 is 11.8 Å². The standard InChI is InChI=1S/C12H19NS/c1-3-9-7-12(11(9)5-1)13-8-10-4-2-6-14-10/h1,5,9-13H,2-4,6-8H2. The van der Waals surface area contributed by atoms with Crippen molar-refractivity contribution in [1.29, 1.82) is 0 Å². The predicted octanol–water partition coefficient (Wildman–Crippen LogP) is 2.44. The van der Waals surface area contributed by atoms with E-state index in [-0.39, 0.29) is 0 Å². The molecule has 0 radical (unpaired) electrons. The highest BCUT2D eigenvalue weighted by Crippen LogP contribution is 2.42. The Morgan fingerprint density at radius 3 is 3.21 bits per heavy atom. The summed E-state index contributed by atoms with van der Waals surface area (Å²) in [6.07, 6.45) is 10.5. The number of thioether (sulfide) groups is 1. The molecule has 3 rings (SSSR count). The second-order valence-electron chi connectivity index (χ2n) is 4.89. The summed E-state index contributed by atoms with van der Waals surface area (Å²) >= 11 is 2.16. The molecule has 1 saturated heterocycles. The average molecular weight is 209 g/mol. The zero-order valence-corrected chi connectivity index (χ0v) is 9.43. The minimum atomic E-state index is 0.819.